The minimum atomic E-state index is 0.0231. The molecule has 0 aliphatic carbocycles. The van der Waals surface area contributed by atoms with E-state index in [1.165, 1.54) is 0 Å². The van der Waals surface area contributed by atoms with Crippen LogP contribution >= 0.6 is 0 Å². The van der Waals surface area contributed by atoms with Crippen molar-refractivity contribution >= 4 is 16.7 Å². The second-order valence-corrected chi connectivity index (χ2v) is 8.25. The lowest BCUT2D eigenvalue weighted by atomic mass is 10.1. The number of para-hydroxylation sites is 1. The zero-order valence-electron chi connectivity index (χ0n) is 19.7. The maximum atomic E-state index is 13.8. The SMILES string of the molecule is C/C=C\C(=C/CC)Nc1c(CN2CCOCC2)c(=O)c2cnc(C)cc2n1-c1ccccc1. The quantitative estimate of drug-likeness (QED) is 0.530. The first-order chi connectivity index (χ1) is 16.1. The zero-order chi connectivity index (χ0) is 23.2. The Morgan fingerprint density at radius 3 is 2.67 bits per heavy atom. The van der Waals surface area contributed by atoms with Gasteiger partial charge in [-0.3, -0.25) is 19.2 Å². The Hall–Kier alpha value is -3.22. The van der Waals surface area contributed by atoms with E-state index in [9.17, 15) is 4.79 Å². The van der Waals surface area contributed by atoms with Gasteiger partial charge in [0.1, 0.15) is 5.82 Å². The number of aryl methyl sites for hydroxylation is 1. The van der Waals surface area contributed by atoms with Gasteiger partial charge in [0.05, 0.1) is 29.7 Å². The summed E-state index contributed by atoms with van der Waals surface area (Å²) in [6, 6.07) is 12.2. The molecule has 172 valence electrons. The fourth-order valence-corrected chi connectivity index (χ4v) is 4.23. The van der Waals surface area contributed by atoms with Crippen LogP contribution in [0.2, 0.25) is 0 Å². The van der Waals surface area contributed by atoms with Crippen molar-refractivity contribution in [3.05, 3.63) is 88.0 Å². The Kier molecular flexibility index (Phi) is 7.37. The highest BCUT2D eigenvalue weighted by atomic mass is 16.5. The largest absolute Gasteiger partial charge is 0.379 e. The third kappa shape index (κ3) is 5.07. The molecule has 0 spiro atoms. The number of nitrogens with one attached hydrogen (secondary N) is 1. The van der Waals surface area contributed by atoms with Crippen LogP contribution in [0.5, 0.6) is 0 Å². The van der Waals surface area contributed by atoms with Crippen LogP contribution < -0.4 is 10.7 Å². The lowest BCUT2D eigenvalue weighted by Gasteiger charge is -2.29. The normalized spacial score (nSPS) is 15.4. The molecule has 1 aromatic carbocycles. The lowest BCUT2D eigenvalue weighted by molar-refractivity contribution is 0.0341. The molecule has 0 saturated carbocycles. The summed E-state index contributed by atoms with van der Waals surface area (Å²) in [5.74, 6) is 0.800. The number of hydrogen-bond donors (Lipinski definition) is 1. The van der Waals surface area contributed by atoms with Gasteiger partial charge in [-0.25, -0.2) is 0 Å². The molecule has 0 radical (unpaired) electrons. The van der Waals surface area contributed by atoms with Crippen LogP contribution in [0.15, 0.2) is 71.3 Å². The first kappa shape index (κ1) is 23.0. The van der Waals surface area contributed by atoms with E-state index in [2.05, 4.69) is 44.9 Å². The summed E-state index contributed by atoms with van der Waals surface area (Å²) < 4.78 is 7.69. The number of pyridine rings is 2. The molecule has 1 N–H and O–H groups in total. The van der Waals surface area contributed by atoms with Crippen molar-refractivity contribution in [2.24, 2.45) is 0 Å². The number of morpholine rings is 1. The molecule has 1 fully saturated rings. The van der Waals surface area contributed by atoms with E-state index in [-0.39, 0.29) is 5.43 Å². The van der Waals surface area contributed by atoms with Gasteiger partial charge in [-0.2, -0.15) is 0 Å². The molecule has 1 aliphatic rings. The van der Waals surface area contributed by atoms with Crippen molar-refractivity contribution in [3.8, 4) is 5.69 Å². The summed E-state index contributed by atoms with van der Waals surface area (Å²) in [6.07, 6.45) is 8.80. The summed E-state index contributed by atoms with van der Waals surface area (Å²) in [6.45, 7) is 9.60. The highest BCUT2D eigenvalue weighted by molar-refractivity contribution is 5.85. The van der Waals surface area contributed by atoms with Gasteiger partial charge in [0.15, 0.2) is 5.43 Å². The van der Waals surface area contributed by atoms with Crippen LogP contribution in [0.1, 0.15) is 31.5 Å². The Balaban J connectivity index is 2.02. The molecular formula is C27H32N4O2. The number of allylic oxidation sites excluding steroid dienone is 3. The van der Waals surface area contributed by atoms with Gasteiger partial charge in [-0.05, 0) is 44.5 Å². The first-order valence-corrected chi connectivity index (χ1v) is 11.6. The number of fused-ring (bicyclic) bond motifs is 1. The highest BCUT2D eigenvalue weighted by Gasteiger charge is 2.22. The van der Waals surface area contributed by atoms with Crippen molar-refractivity contribution in [1.82, 2.24) is 14.5 Å². The van der Waals surface area contributed by atoms with E-state index in [4.69, 9.17) is 4.74 Å². The van der Waals surface area contributed by atoms with E-state index < -0.39 is 0 Å². The van der Waals surface area contributed by atoms with E-state index in [0.29, 0.717) is 25.1 Å². The van der Waals surface area contributed by atoms with Gasteiger partial charge in [0.25, 0.3) is 0 Å². The minimum absolute atomic E-state index is 0.0231. The van der Waals surface area contributed by atoms with Gasteiger partial charge in [-0.1, -0.05) is 37.3 Å². The molecule has 0 amide bonds. The summed E-state index contributed by atoms with van der Waals surface area (Å²) in [7, 11) is 0. The Morgan fingerprint density at radius 1 is 1.21 bits per heavy atom. The van der Waals surface area contributed by atoms with Crippen LogP contribution in [0.25, 0.3) is 16.6 Å². The molecule has 3 aromatic rings. The van der Waals surface area contributed by atoms with Crippen molar-refractivity contribution in [2.75, 3.05) is 31.6 Å². The fourth-order valence-electron chi connectivity index (χ4n) is 4.23. The standard InChI is InChI=1S/C27H32N4O2/c1-4-9-21(10-5-2)29-27-24(19-30-13-15-33-16-14-30)26(32)23-18-28-20(3)17-25(23)31(27)22-11-7-6-8-12-22/h4,6-12,17-18,29H,5,13-16,19H2,1-3H3/b9-4-,21-10+. The van der Waals surface area contributed by atoms with Gasteiger partial charge in [0, 0.05) is 42.9 Å². The Morgan fingerprint density at radius 2 is 1.97 bits per heavy atom. The van der Waals surface area contributed by atoms with Gasteiger partial charge in [0.2, 0.25) is 0 Å². The van der Waals surface area contributed by atoms with Gasteiger partial charge >= 0.3 is 0 Å². The van der Waals surface area contributed by atoms with Crippen LogP contribution in [-0.4, -0.2) is 40.8 Å². The number of aromatic nitrogens is 2. The van der Waals surface area contributed by atoms with E-state index >= 15 is 0 Å². The molecule has 33 heavy (non-hydrogen) atoms. The summed E-state index contributed by atoms with van der Waals surface area (Å²) in [4.78, 5) is 20.6. The smallest absolute Gasteiger partial charge is 0.197 e. The number of anilines is 1. The van der Waals surface area contributed by atoms with E-state index in [0.717, 1.165) is 53.5 Å². The lowest BCUT2D eigenvalue weighted by Crippen LogP contribution is -2.37. The summed E-state index contributed by atoms with van der Waals surface area (Å²) >= 11 is 0. The Labute approximate surface area is 195 Å². The second-order valence-electron chi connectivity index (χ2n) is 8.25. The molecule has 1 aliphatic heterocycles. The monoisotopic (exact) mass is 444 g/mol. The molecular weight excluding hydrogens is 412 g/mol. The molecule has 6 heteroatoms. The maximum Gasteiger partial charge on any atom is 0.197 e. The molecule has 0 unspecified atom stereocenters. The zero-order valence-corrected chi connectivity index (χ0v) is 19.7. The van der Waals surface area contributed by atoms with Crippen LogP contribution in [0, 0.1) is 6.92 Å². The first-order valence-electron chi connectivity index (χ1n) is 11.6. The molecule has 4 rings (SSSR count). The summed E-state index contributed by atoms with van der Waals surface area (Å²) in [5, 5.41) is 4.25. The Bertz CT molecular complexity index is 1220. The van der Waals surface area contributed by atoms with E-state index in [1.54, 1.807) is 6.20 Å². The third-order valence-electron chi connectivity index (χ3n) is 5.82. The molecule has 2 aromatic heterocycles. The van der Waals surface area contributed by atoms with Crippen molar-refractivity contribution < 1.29 is 4.74 Å². The fraction of sp³-hybridized carbons (Fsp3) is 0.333. The predicted octanol–water partition coefficient (Wildman–Crippen LogP) is 4.81. The number of rotatable bonds is 7. The molecule has 0 bridgehead atoms. The van der Waals surface area contributed by atoms with Crippen LogP contribution in [0.3, 0.4) is 0 Å². The molecule has 3 heterocycles. The van der Waals surface area contributed by atoms with Gasteiger partial charge < -0.3 is 10.1 Å². The molecule has 0 atom stereocenters. The number of nitrogens with zero attached hydrogens (tertiary/aromatic N) is 3. The van der Waals surface area contributed by atoms with Crippen molar-refractivity contribution in [3.63, 3.8) is 0 Å². The average Bonchev–Trinajstić information content (AvgIpc) is 2.83. The van der Waals surface area contributed by atoms with Crippen molar-refractivity contribution in [1.29, 1.82) is 0 Å². The van der Waals surface area contributed by atoms with Crippen molar-refractivity contribution in [2.45, 2.75) is 33.7 Å². The number of ether oxygens (including phenoxy) is 1. The van der Waals surface area contributed by atoms with Crippen LogP contribution in [-0.2, 0) is 11.3 Å². The maximum absolute atomic E-state index is 13.8. The van der Waals surface area contributed by atoms with E-state index in [1.807, 2.05) is 50.3 Å². The molecule has 6 nitrogen and oxygen atoms in total. The highest BCUT2D eigenvalue weighted by Crippen LogP contribution is 2.28. The van der Waals surface area contributed by atoms with Gasteiger partial charge in [-0.15, -0.1) is 0 Å². The predicted molar refractivity (Wildman–Crippen MR) is 135 cm³/mol. The second kappa shape index (κ2) is 10.6. The third-order valence-corrected chi connectivity index (χ3v) is 5.82. The number of hydrogen-bond acceptors (Lipinski definition) is 5. The average molecular weight is 445 g/mol. The summed E-state index contributed by atoms with van der Waals surface area (Å²) in [5.41, 5.74) is 4.45. The molecule has 1 saturated heterocycles. The topological polar surface area (TPSA) is 59.4 Å². The minimum Gasteiger partial charge on any atom is -0.379 e. The number of benzene rings is 1. The van der Waals surface area contributed by atoms with Crippen LogP contribution in [0.4, 0.5) is 5.82 Å².